The standard InChI is InChI=1S/C15H28N2O/c1-11-8-12(2)10-13(9-11)17-14(18)15(16)6-4-3-5-7-15/h11-13H,3-10,16H2,1-2H3,(H,17,18). The topological polar surface area (TPSA) is 55.1 Å². The second-order valence-corrected chi connectivity index (χ2v) is 6.80. The molecule has 0 radical (unpaired) electrons. The molecule has 2 atom stereocenters. The van der Waals surface area contributed by atoms with Crippen LogP contribution in [0.1, 0.15) is 65.2 Å². The molecule has 0 spiro atoms. The molecule has 2 aliphatic carbocycles. The summed E-state index contributed by atoms with van der Waals surface area (Å²) in [6.07, 6.45) is 8.66. The van der Waals surface area contributed by atoms with Crippen LogP contribution in [0, 0.1) is 11.8 Å². The highest BCUT2D eigenvalue weighted by atomic mass is 16.2. The molecule has 0 heterocycles. The van der Waals surface area contributed by atoms with Crippen LogP contribution in [0.15, 0.2) is 0 Å². The summed E-state index contributed by atoms with van der Waals surface area (Å²) in [4.78, 5) is 12.4. The van der Waals surface area contributed by atoms with Crippen LogP contribution in [0.5, 0.6) is 0 Å². The van der Waals surface area contributed by atoms with Gasteiger partial charge in [-0.3, -0.25) is 4.79 Å². The van der Waals surface area contributed by atoms with E-state index in [4.69, 9.17) is 5.73 Å². The zero-order valence-corrected chi connectivity index (χ0v) is 11.9. The highest BCUT2D eigenvalue weighted by Gasteiger charge is 2.37. The first-order chi connectivity index (χ1) is 8.49. The zero-order chi connectivity index (χ0) is 13.2. The molecular formula is C15H28N2O. The normalized spacial score (nSPS) is 36.1. The number of hydrogen-bond acceptors (Lipinski definition) is 2. The number of nitrogens with two attached hydrogens (primary N) is 1. The molecule has 0 bridgehead atoms. The quantitative estimate of drug-likeness (QED) is 0.793. The van der Waals surface area contributed by atoms with Gasteiger partial charge in [0, 0.05) is 6.04 Å². The van der Waals surface area contributed by atoms with Crippen LogP contribution in [0.4, 0.5) is 0 Å². The van der Waals surface area contributed by atoms with Gasteiger partial charge in [-0.25, -0.2) is 0 Å². The van der Waals surface area contributed by atoms with E-state index >= 15 is 0 Å². The molecule has 2 unspecified atom stereocenters. The Morgan fingerprint density at radius 3 is 2.17 bits per heavy atom. The SMILES string of the molecule is CC1CC(C)CC(NC(=O)C2(N)CCCCC2)C1. The molecular weight excluding hydrogens is 224 g/mol. The van der Waals surface area contributed by atoms with Crippen LogP contribution in [0.3, 0.4) is 0 Å². The first-order valence-electron chi connectivity index (χ1n) is 7.59. The molecule has 3 nitrogen and oxygen atoms in total. The van der Waals surface area contributed by atoms with Gasteiger partial charge in [-0.2, -0.15) is 0 Å². The van der Waals surface area contributed by atoms with Crippen molar-refractivity contribution in [3.05, 3.63) is 0 Å². The Kier molecular flexibility index (Phi) is 4.31. The maximum absolute atomic E-state index is 12.4. The van der Waals surface area contributed by atoms with Crippen molar-refractivity contribution in [1.82, 2.24) is 5.32 Å². The second-order valence-electron chi connectivity index (χ2n) is 6.80. The van der Waals surface area contributed by atoms with E-state index in [9.17, 15) is 4.79 Å². The van der Waals surface area contributed by atoms with Gasteiger partial charge in [-0.15, -0.1) is 0 Å². The van der Waals surface area contributed by atoms with Crippen molar-refractivity contribution < 1.29 is 4.79 Å². The van der Waals surface area contributed by atoms with Gasteiger partial charge < -0.3 is 11.1 Å². The summed E-state index contributed by atoms with van der Waals surface area (Å²) in [7, 11) is 0. The van der Waals surface area contributed by atoms with Gasteiger partial charge in [0.1, 0.15) is 0 Å². The van der Waals surface area contributed by atoms with Crippen molar-refractivity contribution in [2.75, 3.05) is 0 Å². The molecule has 2 saturated carbocycles. The van der Waals surface area contributed by atoms with Crippen molar-refractivity contribution in [2.24, 2.45) is 17.6 Å². The average molecular weight is 252 g/mol. The van der Waals surface area contributed by atoms with Crippen LogP contribution in [0.2, 0.25) is 0 Å². The summed E-state index contributed by atoms with van der Waals surface area (Å²) in [5.74, 6) is 1.55. The summed E-state index contributed by atoms with van der Waals surface area (Å²) in [5.41, 5.74) is 5.70. The molecule has 3 heteroatoms. The van der Waals surface area contributed by atoms with Crippen LogP contribution in [0.25, 0.3) is 0 Å². The predicted octanol–water partition coefficient (Wildman–Crippen LogP) is 2.59. The summed E-state index contributed by atoms with van der Waals surface area (Å²) >= 11 is 0. The smallest absolute Gasteiger partial charge is 0.240 e. The molecule has 2 fully saturated rings. The van der Waals surface area contributed by atoms with E-state index in [1.807, 2.05) is 0 Å². The van der Waals surface area contributed by atoms with Gasteiger partial charge >= 0.3 is 0 Å². The minimum absolute atomic E-state index is 0.105. The number of carbonyl (C=O) groups is 1. The lowest BCUT2D eigenvalue weighted by molar-refractivity contribution is -0.128. The molecule has 0 aromatic carbocycles. The number of carbonyl (C=O) groups excluding carboxylic acids is 1. The Morgan fingerprint density at radius 2 is 1.61 bits per heavy atom. The Bertz CT molecular complexity index is 287. The number of amides is 1. The van der Waals surface area contributed by atoms with E-state index in [1.54, 1.807) is 0 Å². The Hall–Kier alpha value is -0.570. The van der Waals surface area contributed by atoms with Gasteiger partial charge in [0.05, 0.1) is 5.54 Å². The maximum Gasteiger partial charge on any atom is 0.240 e. The first-order valence-corrected chi connectivity index (χ1v) is 7.59. The van der Waals surface area contributed by atoms with Crippen LogP contribution in [-0.4, -0.2) is 17.5 Å². The van der Waals surface area contributed by atoms with E-state index in [0.717, 1.165) is 50.4 Å². The fraction of sp³-hybridized carbons (Fsp3) is 0.933. The second kappa shape index (κ2) is 5.60. The summed E-state index contributed by atoms with van der Waals surface area (Å²) in [6, 6.07) is 0.346. The van der Waals surface area contributed by atoms with E-state index in [2.05, 4.69) is 19.2 Å². The minimum atomic E-state index is -0.581. The monoisotopic (exact) mass is 252 g/mol. The van der Waals surface area contributed by atoms with Crippen molar-refractivity contribution in [2.45, 2.75) is 76.8 Å². The Labute approximate surface area is 111 Å². The molecule has 1 amide bonds. The third kappa shape index (κ3) is 3.25. The fourth-order valence-electron chi connectivity index (χ4n) is 3.80. The number of nitrogens with one attached hydrogen (secondary N) is 1. The molecule has 3 N–H and O–H groups in total. The number of rotatable bonds is 2. The van der Waals surface area contributed by atoms with Gasteiger partial charge in [0.2, 0.25) is 5.91 Å². The predicted molar refractivity (Wildman–Crippen MR) is 74.1 cm³/mol. The lowest BCUT2D eigenvalue weighted by Crippen LogP contribution is -2.57. The van der Waals surface area contributed by atoms with Crippen molar-refractivity contribution in [1.29, 1.82) is 0 Å². The summed E-state index contributed by atoms with van der Waals surface area (Å²) in [5, 5.41) is 3.23. The van der Waals surface area contributed by atoms with Crippen molar-refractivity contribution >= 4 is 5.91 Å². The maximum atomic E-state index is 12.4. The molecule has 0 aliphatic heterocycles. The van der Waals surface area contributed by atoms with E-state index in [-0.39, 0.29) is 5.91 Å². The van der Waals surface area contributed by atoms with Crippen LogP contribution >= 0.6 is 0 Å². The molecule has 104 valence electrons. The number of hydrogen-bond donors (Lipinski definition) is 2. The third-order valence-electron chi connectivity index (χ3n) is 4.71. The molecule has 2 rings (SSSR count). The van der Waals surface area contributed by atoms with E-state index in [1.165, 1.54) is 12.8 Å². The largest absolute Gasteiger partial charge is 0.352 e. The van der Waals surface area contributed by atoms with Crippen molar-refractivity contribution in [3.8, 4) is 0 Å². The zero-order valence-electron chi connectivity index (χ0n) is 11.9. The lowest BCUT2D eigenvalue weighted by Gasteiger charge is -2.37. The lowest BCUT2D eigenvalue weighted by atomic mass is 9.78. The molecule has 0 aromatic heterocycles. The summed E-state index contributed by atoms with van der Waals surface area (Å²) < 4.78 is 0. The van der Waals surface area contributed by atoms with Gasteiger partial charge in [-0.1, -0.05) is 33.1 Å². The van der Waals surface area contributed by atoms with E-state index in [0.29, 0.717) is 6.04 Å². The van der Waals surface area contributed by atoms with E-state index < -0.39 is 5.54 Å². The molecule has 2 aliphatic rings. The molecule has 0 aromatic rings. The van der Waals surface area contributed by atoms with Gasteiger partial charge in [0.15, 0.2) is 0 Å². The van der Waals surface area contributed by atoms with Gasteiger partial charge in [-0.05, 0) is 43.9 Å². The average Bonchev–Trinajstić information content (AvgIpc) is 2.28. The van der Waals surface area contributed by atoms with Crippen LogP contribution < -0.4 is 11.1 Å². The van der Waals surface area contributed by atoms with Crippen LogP contribution in [-0.2, 0) is 4.79 Å². The highest BCUT2D eigenvalue weighted by molar-refractivity contribution is 5.86. The third-order valence-corrected chi connectivity index (χ3v) is 4.71. The first kappa shape index (κ1) is 13.9. The Morgan fingerprint density at radius 1 is 1.06 bits per heavy atom. The molecule has 18 heavy (non-hydrogen) atoms. The highest BCUT2D eigenvalue weighted by Crippen LogP contribution is 2.30. The molecule has 0 saturated heterocycles. The Balaban J connectivity index is 1.90. The minimum Gasteiger partial charge on any atom is -0.352 e. The summed E-state index contributed by atoms with van der Waals surface area (Å²) in [6.45, 7) is 4.57. The van der Waals surface area contributed by atoms with Crippen molar-refractivity contribution in [3.63, 3.8) is 0 Å². The van der Waals surface area contributed by atoms with Gasteiger partial charge in [0.25, 0.3) is 0 Å². The fourth-order valence-corrected chi connectivity index (χ4v) is 3.80.